The van der Waals surface area contributed by atoms with Crippen LogP contribution in [-0.2, 0) is 0 Å². The highest BCUT2D eigenvalue weighted by Crippen LogP contribution is 2.51. The summed E-state index contributed by atoms with van der Waals surface area (Å²) < 4.78 is 0. The summed E-state index contributed by atoms with van der Waals surface area (Å²) in [4.78, 5) is 12.1. The Bertz CT molecular complexity index is 536. The molecule has 0 aromatic carbocycles. The molecule has 21 heavy (non-hydrogen) atoms. The fourth-order valence-corrected chi connectivity index (χ4v) is 4.48. The summed E-state index contributed by atoms with van der Waals surface area (Å²) in [5.74, 6) is 0.956. The Hall–Kier alpha value is -1.23. The quantitative estimate of drug-likeness (QED) is 0.742. The lowest BCUT2D eigenvalue weighted by Crippen LogP contribution is -2.18. The molecule has 4 nitrogen and oxygen atoms in total. The van der Waals surface area contributed by atoms with Gasteiger partial charge in [-0.05, 0) is 43.9 Å². The van der Waals surface area contributed by atoms with E-state index in [1.165, 1.54) is 56.3 Å². The second kappa shape index (κ2) is 5.87. The van der Waals surface area contributed by atoms with Crippen LogP contribution in [0.2, 0.25) is 0 Å². The van der Waals surface area contributed by atoms with Crippen molar-refractivity contribution in [1.29, 1.82) is 0 Å². The zero-order chi connectivity index (χ0) is 15.0. The Kier molecular flexibility index (Phi) is 4.11. The van der Waals surface area contributed by atoms with Gasteiger partial charge >= 0.3 is 0 Å². The predicted molar refractivity (Wildman–Crippen MR) is 88.9 cm³/mol. The third-order valence-corrected chi connectivity index (χ3v) is 5.95. The van der Waals surface area contributed by atoms with E-state index in [9.17, 15) is 4.79 Å². The Balaban J connectivity index is 1.81. The van der Waals surface area contributed by atoms with E-state index in [1.54, 1.807) is 0 Å². The number of hydrogen-bond donors (Lipinski definition) is 3. The van der Waals surface area contributed by atoms with Crippen molar-refractivity contribution in [3.8, 4) is 0 Å². The van der Waals surface area contributed by atoms with Crippen LogP contribution in [0.15, 0.2) is 0 Å². The molecule has 1 heterocycles. The highest BCUT2D eigenvalue weighted by Gasteiger charge is 2.33. The molecule has 0 spiro atoms. The van der Waals surface area contributed by atoms with Gasteiger partial charge in [-0.3, -0.25) is 4.79 Å². The van der Waals surface area contributed by atoms with Gasteiger partial charge in [0.2, 0.25) is 0 Å². The predicted octanol–water partition coefficient (Wildman–Crippen LogP) is 3.69. The van der Waals surface area contributed by atoms with Gasteiger partial charge < -0.3 is 16.8 Å². The van der Waals surface area contributed by atoms with Gasteiger partial charge in [0.1, 0.15) is 4.88 Å². The molecule has 0 bridgehead atoms. The molecule has 2 atom stereocenters. The molecule has 2 saturated carbocycles. The minimum absolute atomic E-state index is 0.401. The number of rotatable bonds is 4. The van der Waals surface area contributed by atoms with Gasteiger partial charge in [-0.15, -0.1) is 11.3 Å². The molecule has 1 aromatic rings. The zero-order valence-electron chi connectivity index (χ0n) is 12.7. The molecule has 2 fully saturated rings. The van der Waals surface area contributed by atoms with Crippen molar-refractivity contribution in [1.82, 2.24) is 0 Å². The SMILES string of the molecule is CC1CCCC(Nc2sc(C(N)=O)c(N)c2C2CC2)CC1. The molecule has 5 N–H and O–H groups in total. The monoisotopic (exact) mass is 307 g/mol. The van der Waals surface area contributed by atoms with E-state index in [0.717, 1.165) is 16.5 Å². The first-order chi connectivity index (χ1) is 10.1. The minimum atomic E-state index is -0.401. The lowest BCUT2D eigenvalue weighted by Gasteiger charge is -2.18. The number of carbonyl (C=O) groups is 1. The first-order valence-electron chi connectivity index (χ1n) is 8.04. The molecule has 0 aliphatic heterocycles. The summed E-state index contributed by atoms with van der Waals surface area (Å²) >= 11 is 1.45. The van der Waals surface area contributed by atoms with Crippen molar-refractivity contribution in [3.05, 3.63) is 10.4 Å². The van der Waals surface area contributed by atoms with E-state index in [4.69, 9.17) is 11.5 Å². The van der Waals surface area contributed by atoms with Crippen LogP contribution in [0.1, 0.15) is 73.0 Å². The van der Waals surface area contributed by atoms with Gasteiger partial charge in [-0.25, -0.2) is 0 Å². The summed E-state index contributed by atoms with van der Waals surface area (Å²) in [7, 11) is 0. The standard InChI is InChI=1S/C16H25N3OS/c1-9-3-2-4-11(8-5-9)19-16-12(10-6-7-10)13(17)14(21-16)15(18)20/h9-11,19H,2-8,17H2,1H3,(H2,18,20). The van der Waals surface area contributed by atoms with Crippen molar-refractivity contribution < 1.29 is 4.79 Å². The van der Waals surface area contributed by atoms with Gasteiger partial charge in [0.25, 0.3) is 5.91 Å². The molecule has 116 valence electrons. The van der Waals surface area contributed by atoms with Crippen LogP contribution < -0.4 is 16.8 Å². The number of hydrogen-bond acceptors (Lipinski definition) is 4. The maximum absolute atomic E-state index is 11.5. The second-order valence-electron chi connectivity index (χ2n) is 6.68. The van der Waals surface area contributed by atoms with Gasteiger partial charge in [-0.2, -0.15) is 0 Å². The van der Waals surface area contributed by atoms with Crippen LogP contribution in [0.5, 0.6) is 0 Å². The van der Waals surface area contributed by atoms with E-state index < -0.39 is 5.91 Å². The maximum Gasteiger partial charge on any atom is 0.260 e. The third kappa shape index (κ3) is 3.18. The van der Waals surface area contributed by atoms with Crippen LogP contribution >= 0.6 is 11.3 Å². The average molecular weight is 307 g/mol. The van der Waals surface area contributed by atoms with Gasteiger partial charge in [-0.1, -0.05) is 19.8 Å². The number of amides is 1. The van der Waals surface area contributed by atoms with Crippen molar-refractivity contribution in [2.24, 2.45) is 11.7 Å². The summed E-state index contributed by atoms with van der Waals surface area (Å²) in [6, 6.07) is 0.506. The Morgan fingerprint density at radius 2 is 1.95 bits per heavy atom. The summed E-state index contributed by atoms with van der Waals surface area (Å²) in [5.41, 5.74) is 13.4. The van der Waals surface area contributed by atoms with E-state index in [-0.39, 0.29) is 0 Å². The Morgan fingerprint density at radius 1 is 1.19 bits per heavy atom. The van der Waals surface area contributed by atoms with E-state index in [1.807, 2.05) is 0 Å². The Morgan fingerprint density at radius 3 is 2.62 bits per heavy atom. The van der Waals surface area contributed by atoms with E-state index in [2.05, 4.69) is 12.2 Å². The molecule has 0 saturated heterocycles. The number of anilines is 2. The first-order valence-corrected chi connectivity index (χ1v) is 8.86. The molecule has 0 radical (unpaired) electrons. The fourth-order valence-electron chi connectivity index (χ4n) is 3.34. The molecule has 2 aliphatic rings. The van der Waals surface area contributed by atoms with Crippen LogP contribution in [0.4, 0.5) is 10.7 Å². The van der Waals surface area contributed by atoms with Gasteiger partial charge in [0, 0.05) is 11.6 Å². The fraction of sp³-hybridized carbons (Fsp3) is 0.688. The van der Waals surface area contributed by atoms with Crippen molar-refractivity contribution >= 4 is 27.9 Å². The largest absolute Gasteiger partial charge is 0.397 e. The van der Waals surface area contributed by atoms with Crippen LogP contribution in [-0.4, -0.2) is 11.9 Å². The van der Waals surface area contributed by atoms with E-state index >= 15 is 0 Å². The topological polar surface area (TPSA) is 81.1 Å². The van der Waals surface area contributed by atoms with Crippen LogP contribution in [0.25, 0.3) is 0 Å². The van der Waals surface area contributed by atoms with Crippen molar-refractivity contribution in [2.45, 2.75) is 63.8 Å². The van der Waals surface area contributed by atoms with Crippen LogP contribution in [0.3, 0.4) is 0 Å². The van der Waals surface area contributed by atoms with Crippen molar-refractivity contribution in [2.75, 3.05) is 11.1 Å². The molecule has 1 aromatic heterocycles. The molecular formula is C16H25N3OS. The molecule has 5 heteroatoms. The number of nitrogen functional groups attached to an aromatic ring is 1. The minimum Gasteiger partial charge on any atom is -0.397 e. The number of nitrogens with two attached hydrogens (primary N) is 2. The maximum atomic E-state index is 11.5. The lowest BCUT2D eigenvalue weighted by molar-refractivity contribution is 0.100. The van der Waals surface area contributed by atoms with Gasteiger partial charge in [0.05, 0.1) is 10.7 Å². The van der Waals surface area contributed by atoms with E-state index in [0.29, 0.717) is 22.5 Å². The highest BCUT2D eigenvalue weighted by atomic mass is 32.1. The second-order valence-corrected chi connectivity index (χ2v) is 7.70. The molecule has 3 rings (SSSR count). The first kappa shape index (κ1) is 14.7. The Labute approximate surface area is 130 Å². The summed E-state index contributed by atoms with van der Waals surface area (Å²) in [6.45, 7) is 2.34. The molecule has 1 amide bonds. The smallest absolute Gasteiger partial charge is 0.260 e. The molecule has 2 aliphatic carbocycles. The zero-order valence-corrected chi connectivity index (χ0v) is 13.5. The summed E-state index contributed by atoms with van der Waals surface area (Å²) in [6.07, 6.45) is 8.64. The highest BCUT2D eigenvalue weighted by molar-refractivity contribution is 7.18. The number of primary amides is 1. The third-order valence-electron chi connectivity index (χ3n) is 4.79. The average Bonchev–Trinajstić information content (AvgIpc) is 3.22. The molecular weight excluding hydrogens is 282 g/mol. The number of thiophene rings is 1. The van der Waals surface area contributed by atoms with Gasteiger partial charge in [0.15, 0.2) is 0 Å². The molecule has 2 unspecified atom stereocenters. The summed E-state index contributed by atoms with van der Waals surface area (Å²) in [5, 5.41) is 4.78. The van der Waals surface area contributed by atoms with Crippen molar-refractivity contribution in [3.63, 3.8) is 0 Å². The normalized spacial score (nSPS) is 26.3. The van der Waals surface area contributed by atoms with Crippen LogP contribution in [0, 0.1) is 5.92 Å². The number of nitrogens with one attached hydrogen (secondary N) is 1. The lowest BCUT2D eigenvalue weighted by atomic mass is 10.0. The number of carbonyl (C=O) groups excluding carboxylic acids is 1.